The lowest BCUT2D eigenvalue weighted by Crippen LogP contribution is -2.38. The molecule has 2 unspecified atom stereocenters. The molecule has 0 aliphatic carbocycles. The number of benzene rings is 1. The van der Waals surface area contributed by atoms with Gasteiger partial charge in [-0.3, -0.25) is 4.90 Å². The van der Waals surface area contributed by atoms with E-state index in [-0.39, 0.29) is 11.9 Å². The highest BCUT2D eigenvalue weighted by molar-refractivity contribution is 5.30. The van der Waals surface area contributed by atoms with Gasteiger partial charge in [-0.15, -0.1) is 0 Å². The van der Waals surface area contributed by atoms with Crippen molar-refractivity contribution in [3.63, 3.8) is 0 Å². The molecule has 0 radical (unpaired) electrons. The maximum Gasteiger partial charge on any atom is 0.131 e. The van der Waals surface area contributed by atoms with Crippen LogP contribution in [0.25, 0.3) is 0 Å². The van der Waals surface area contributed by atoms with Crippen molar-refractivity contribution >= 4 is 0 Å². The van der Waals surface area contributed by atoms with Gasteiger partial charge in [0, 0.05) is 30.3 Å². The van der Waals surface area contributed by atoms with Gasteiger partial charge in [-0.05, 0) is 38.9 Å². The summed E-state index contributed by atoms with van der Waals surface area (Å²) in [6.07, 6.45) is 2.50. The van der Waals surface area contributed by atoms with Crippen molar-refractivity contribution in [1.29, 1.82) is 0 Å². The summed E-state index contributed by atoms with van der Waals surface area (Å²) in [6, 6.07) is 5.66. The van der Waals surface area contributed by atoms with Gasteiger partial charge in [0.05, 0.1) is 7.11 Å². The number of hydrogen-bond donors (Lipinski definition) is 1. The molecule has 20 heavy (non-hydrogen) atoms. The Balaban J connectivity index is 1.93. The smallest absolute Gasteiger partial charge is 0.131 e. The van der Waals surface area contributed by atoms with Crippen molar-refractivity contribution in [3.8, 4) is 5.75 Å². The van der Waals surface area contributed by atoms with Crippen LogP contribution in [-0.4, -0.2) is 37.7 Å². The third-order valence-corrected chi connectivity index (χ3v) is 4.24. The molecule has 0 aromatic heterocycles. The second-order valence-electron chi connectivity index (χ2n) is 5.44. The molecule has 4 heteroatoms. The van der Waals surface area contributed by atoms with E-state index in [4.69, 9.17) is 4.74 Å². The zero-order valence-electron chi connectivity index (χ0n) is 12.7. The molecule has 3 nitrogen and oxygen atoms in total. The zero-order chi connectivity index (χ0) is 14.5. The summed E-state index contributed by atoms with van der Waals surface area (Å²) in [5, 5.41) is 3.46. The Morgan fingerprint density at radius 1 is 1.50 bits per heavy atom. The van der Waals surface area contributed by atoms with Crippen LogP contribution in [0.5, 0.6) is 5.75 Å². The first-order valence-electron chi connectivity index (χ1n) is 7.46. The van der Waals surface area contributed by atoms with Gasteiger partial charge in [-0.2, -0.15) is 0 Å². The van der Waals surface area contributed by atoms with Crippen LogP contribution < -0.4 is 10.1 Å². The predicted octanol–water partition coefficient (Wildman–Crippen LogP) is 2.97. The summed E-state index contributed by atoms with van der Waals surface area (Å²) in [5.41, 5.74) is 0.701. The monoisotopic (exact) mass is 280 g/mol. The van der Waals surface area contributed by atoms with Crippen LogP contribution >= 0.6 is 0 Å². The highest BCUT2D eigenvalue weighted by atomic mass is 19.1. The Morgan fingerprint density at radius 2 is 2.30 bits per heavy atom. The Labute approximate surface area is 121 Å². The van der Waals surface area contributed by atoms with Crippen LogP contribution in [0.3, 0.4) is 0 Å². The van der Waals surface area contributed by atoms with Crippen molar-refractivity contribution in [2.45, 2.75) is 38.8 Å². The molecule has 1 aliphatic heterocycles. The van der Waals surface area contributed by atoms with Gasteiger partial charge in [0.1, 0.15) is 11.6 Å². The van der Waals surface area contributed by atoms with E-state index in [1.165, 1.54) is 25.5 Å². The number of nitrogens with one attached hydrogen (secondary N) is 1. The molecule has 1 aromatic rings. The Hall–Kier alpha value is -1.13. The van der Waals surface area contributed by atoms with Gasteiger partial charge in [-0.1, -0.05) is 13.0 Å². The minimum atomic E-state index is -0.205. The summed E-state index contributed by atoms with van der Waals surface area (Å²) < 4.78 is 19.0. The minimum absolute atomic E-state index is 0.0141. The van der Waals surface area contributed by atoms with Crippen molar-refractivity contribution in [1.82, 2.24) is 10.2 Å². The maximum absolute atomic E-state index is 14.0. The SMILES string of the molecule is CCN1CCCC1CNC(C)c1ccc(OC)cc1F. The molecular formula is C16H25FN2O. The molecule has 1 saturated heterocycles. The average molecular weight is 280 g/mol. The molecule has 1 heterocycles. The van der Waals surface area contributed by atoms with Gasteiger partial charge in [0.2, 0.25) is 0 Å². The van der Waals surface area contributed by atoms with Crippen LogP contribution in [0.2, 0.25) is 0 Å². The van der Waals surface area contributed by atoms with Crippen molar-refractivity contribution in [2.75, 3.05) is 26.7 Å². The number of nitrogens with zero attached hydrogens (tertiary/aromatic N) is 1. The number of methoxy groups -OCH3 is 1. The first-order valence-corrected chi connectivity index (χ1v) is 7.46. The fraction of sp³-hybridized carbons (Fsp3) is 0.625. The quantitative estimate of drug-likeness (QED) is 0.867. The lowest BCUT2D eigenvalue weighted by atomic mass is 10.1. The molecule has 1 aromatic carbocycles. The first kappa shape index (κ1) is 15.3. The number of rotatable bonds is 6. The average Bonchev–Trinajstić information content (AvgIpc) is 2.92. The fourth-order valence-electron chi connectivity index (χ4n) is 2.95. The van der Waals surface area contributed by atoms with E-state index in [9.17, 15) is 4.39 Å². The summed E-state index contributed by atoms with van der Waals surface area (Å²) in [6.45, 7) is 7.41. The van der Waals surface area contributed by atoms with E-state index in [0.29, 0.717) is 17.4 Å². The second kappa shape index (κ2) is 7.04. The molecule has 0 saturated carbocycles. The number of ether oxygens (including phenoxy) is 1. The van der Waals surface area contributed by atoms with Crippen molar-refractivity contribution in [3.05, 3.63) is 29.6 Å². The van der Waals surface area contributed by atoms with Gasteiger partial charge in [0.15, 0.2) is 0 Å². The normalized spacial score (nSPS) is 21.1. The number of halogens is 1. The topological polar surface area (TPSA) is 24.5 Å². The third kappa shape index (κ3) is 3.49. The molecule has 0 spiro atoms. The molecule has 2 atom stereocenters. The van der Waals surface area contributed by atoms with E-state index < -0.39 is 0 Å². The molecule has 1 aliphatic rings. The Kier molecular flexibility index (Phi) is 5.38. The van der Waals surface area contributed by atoms with E-state index in [1.807, 2.05) is 13.0 Å². The second-order valence-corrected chi connectivity index (χ2v) is 5.44. The summed E-state index contributed by atoms with van der Waals surface area (Å²) in [4.78, 5) is 2.49. The van der Waals surface area contributed by atoms with Gasteiger partial charge < -0.3 is 10.1 Å². The standard InChI is InChI=1S/C16H25FN2O/c1-4-19-9-5-6-13(19)11-18-12(2)15-8-7-14(20-3)10-16(15)17/h7-8,10,12-13,18H,4-6,9,11H2,1-3H3. The van der Waals surface area contributed by atoms with Crippen LogP contribution in [0.4, 0.5) is 4.39 Å². The lowest BCUT2D eigenvalue weighted by molar-refractivity contribution is 0.255. The van der Waals surface area contributed by atoms with Gasteiger partial charge in [-0.25, -0.2) is 4.39 Å². The highest BCUT2D eigenvalue weighted by Crippen LogP contribution is 2.22. The first-order chi connectivity index (χ1) is 9.65. The van der Waals surface area contributed by atoms with Crippen molar-refractivity contribution in [2.24, 2.45) is 0 Å². The summed E-state index contributed by atoms with van der Waals surface area (Å²) in [7, 11) is 1.55. The van der Waals surface area contributed by atoms with E-state index >= 15 is 0 Å². The lowest BCUT2D eigenvalue weighted by Gasteiger charge is -2.25. The molecule has 112 valence electrons. The maximum atomic E-state index is 14.0. The Bertz CT molecular complexity index is 438. The van der Waals surface area contributed by atoms with Gasteiger partial charge >= 0.3 is 0 Å². The fourth-order valence-corrected chi connectivity index (χ4v) is 2.95. The van der Waals surface area contributed by atoms with Crippen molar-refractivity contribution < 1.29 is 9.13 Å². The predicted molar refractivity (Wildman–Crippen MR) is 79.6 cm³/mol. The molecule has 1 fully saturated rings. The van der Waals surface area contributed by atoms with E-state index in [0.717, 1.165) is 13.1 Å². The van der Waals surface area contributed by atoms with Crippen LogP contribution in [-0.2, 0) is 0 Å². The number of hydrogen-bond acceptors (Lipinski definition) is 3. The third-order valence-electron chi connectivity index (χ3n) is 4.24. The molecular weight excluding hydrogens is 255 g/mol. The van der Waals surface area contributed by atoms with Gasteiger partial charge in [0.25, 0.3) is 0 Å². The van der Waals surface area contributed by atoms with E-state index in [1.54, 1.807) is 13.2 Å². The number of likely N-dealkylation sites (tertiary alicyclic amines) is 1. The molecule has 0 amide bonds. The van der Waals surface area contributed by atoms with E-state index in [2.05, 4.69) is 17.1 Å². The largest absolute Gasteiger partial charge is 0.497 e. The Morgan fingerprint density at radius 3 is 2.95 bits per heavy atom. The highest BCUT2D eigenvalue weighted by Gasteiger charge is 2.23. The summed E-state index contributed by atoms with van der Waals surface area (Å²) >= 11 is 0. The molecule has 0 bridgehead atoms. The molecule has 1 N–H and O–H groups in total. The summed E-state index contributed by atoms with van der Waals surface area (Å²) in [5.74, 6) is 0.356. The van der Waals surface area contributed by atoms with Crippen LogP contribution in [0, 0.1) is 5.82 Å². The minimum Gasteiger partial charge on any atom is -0.497 e. The van der Waals surface area contributed by atoms with Crippen LogP contribution in [0.15, 0.2) is 18.2 Å². The zero-order valence-corrected chi connectivity index (χ0v) is 12.7. The van der Waals surface area contributed by atoms with Crippen LogP contribution in [0.1, 0.15) is 38.3 Å². The molecule has 2 rings (SSSR count). The number of likely N-dealkylation sites (N-methyl/N-ethyl adjacent to an activating group) is 1.